The summed E-state index contributed by atoms with van der Waals surface area (Å²) in [5.74, 6) is -2.44. The Labute approximate surface area is 259 Å². The Morgan fingerprint density at radius 2 is 1.77 bits per heavy atom. The molecule has 0 fully saturated rings. The molecule has 0 saturated heterocycles. The van der Waals surface area contributed by atoms with Crippen molar-refractivity contribution in [3.63, 3.8) is 0 Å². The van der Waals surface area contributed by atoms with Gasteiger partial charge in [0.05, 0.1) is 48.3 Å². The van der Waals surface area contributed by atoms with Gasteiger partial charge in [0.25, 0.3) is 11.5 Å². The van der Waals surface area contributed by atoms with Crippen LogP contribution < -0.4 is 15.6 Å². The largest absolute Gasteiger partial charge is 0.491 e. The Morgan fingerprint density at radius 3 is 2.43 bits per heavy atom. The minimum absolute atomic E-state index is 0.0267. The van der Waals surface area contributed by atoms with Crippen molar-refractivity contribution in [2.45, 2.75) is 13.1 Å². The quantitative estimate of drug-likeness (QED) is 0.207. The lowest BCUT2D eigenvalue weighted by Crippen LogP contribution is -2.24. The summed E-state index contributed by atoms with van der Waals surface area (Å²) < 4.78 is 13.5. The molecule has 0 radical (unpaired) electrons. The summed E-state index contributed by atoms with van der Waals surface area (Å²) in [6.45, 7) is 0.323. The third-order valence-electron chi connectivity index (χ3n) is 6.52. The van der Waals surface area contributed by atoms with Crippen LogP contribution in [-0.4, -0.2) is 56.5 Å². The number of esters is 1. The van der Waals surface area contributed by atoms with E-state index in [1.54, 1.807) is 30.6 Å². The molecule has 224 valence electrons. The molecule has 0 saturated carbocycles. The Bertz CT molecular complexity index is 1930. The van der Waals surface area contributed by atoms with Crippen LogP contribution >= 0.6 is 22.9 Å². The number of pyridine rings is 2. The summed E-state index contributed by atoms with van der Waals surface area (Å²) in [6.07, 6.45) is 4.55. The highest BCUT2D eigenvalue weighted by Crippen LogP contribution is 2.37. The molecule has 0 unspecified atom stereocenters. The molecule has 1 aromatic carbocycles. The summed E-state index contributed by atoms with van der Waals surface area (Å²) in [7, 11) is 2.58. The number of hydrogen-bond acceptors (Lipinski definition) is 10. The van der Waals surface area contributed by atoms with Crippen molar-refractivity contribution in [3.05, 3.63) is 115 Å². The second kappa shape index (κ2) is 12.9. The number of nitrogens with zero attached hydrogens (tertiary/aromatic N) is 4. The topological polar surface area (TPSA) is 155 Å². The highest BCUT2D eigenvalue weighted by Gasteiger charge is 2.28. The standard InChI is InChI=1S/C30H24ClN5O7S/c1-42-25-24(22-13-20(30(41)43-2)16-35(28(22)38)15-17-8-10-32-11-9-17)34-36(26(25)33-14-21-6-7-23(31)44-21)27(37)18-4-3-5-19(12-18)29(39)40/h3-13,16,33H,14-15H2,1-2H3,(H,39,40). The predicted molar refractivity (Wildman–Crippen MR) is 163 cm³/mol. The van der Waals surface area contributed by atoms with Crippen LogP contribution in [0, 0.1) is 0 Å². The van der Waals surface area contributed by atoms with E-state index in [4.69, 9.17) is 21.1 Å². The van der Waals surface area contributed by atoms with Gasteiger partial charge < -0.3 is 24.5 Å². The van der Waals surface area contributed by atoms with Crippen molar-refractivity contribution in [1.29, 1.82) is 0 Å². The smallest absolute Gasteiger partial charge is 0.339 e. The molecule has 0 bridgehead atoms. The first kappa shape index (κ1) is 30.2. The summed E-state index contributed by atoms with van der Waals surface area (Å²) in [6, 6.07) is 13.8. The molecule has 14 heteroatoms. The molecule has 4 aromatic heterocycles. The third-order valence-corrected chi connectivity index (χ3v) is 7.75. The van der Waals surface area contributed by atoms with E-state index in [2.05, 4.69) is 15.4 Å². The van der Waals surface area contributed by atoms with Gasteiger partial charge in [0.15, 0.2) is 11.6 Å². The van der Waals surface area contributed by atoms with Crippen LogP contribution in [-0.2, 0) is 17.8 Å². The Morgan fingerprint density at radius 1 is 1.02 bits per heavy atom. The second-order valence-corrected chi connectivity index (χ2v) is 11.1. The lowest BCUT2D eigenvalue weighted by atomic mass is 10.1. The number of carboxylic acid groups (broad SMARTS) is 1. The molecule has 2 N–H and O–H groups in total. The van der Waals surface area contributed by atoms with Crippen molar-refractivity contribution in [2.75, 3.05) is 19.5 Å². The van der Waals surface area contributed by atoms with Crippen LogP contribution in [0.15, 0.2) is 78.0 Å². The first-order chi connectivity index (χ1) is 21.2. The van der Waals surface area contributed by atoms with E-state index >= 15 is 0 Å². The van der Waals surface area contributed by atoms with Crippen LogP contribution in [0.2, 0.25) is 4.34 Å². The van der Waals surface area contributed by atoms with Crippen LogP contribution in [0.3, 0.4) is 0 Å². The normalized spacial score (nSPS) is 10.8. The van der Waals surface area contributed by atoms with Gasteiger partial charge in [-0.2, -0.15) is 9.78 Å². The van der Waals surface area contributed by atoms with Crippen molar-refractivity contribution < 1.29 is 29.0 Å². The van der Waals surface area contributed by atoms with Gasteiger partial charge in [0.1, 0.15) is 5.69 Å². The zero-order valence-electron chi connectivity index (χ0n) is 23.3. The fourth-order valence-corrected chi connectivity index (χ4v) is 5.47. The SMILES string of the molecule is COC(=O)c1cc(-c2nn(C(=O)c3cccc(C(=O)O)c3)c(NCc3ccc(Cl)s3)c2OC)c(=O)n(Cc2ccncc2)c1. The van der Waals surface area contributed by atoms with Gasteiger partial charge in [-0.15, -0.1) is 11.3 Å². The fraction of sp³-hybridized carbons (Fsp3) is 0.133. The molecule has 12 nitrogen and oxygen atoms in total. The third kappa shape index (κ3) is 6.23. The Balaban J connectivity index is 1.70. The number of aromatic nitrogens is 4. The number of rotatable bonds is 10. The zero-order chi connectivity index (χ0) is 31.4. The number of halogens is 1. The van der Waals surface area contributed by atoms with E-state index in [0.29, 0.717) is 4.34 Å². The minimum Gasteiger partial charge on any atom is -0.491 e. The van der Waals surface area contributed by atoms with Crippen molar-refractivity contribution in [1.82, 2.24) is 19.3 Å². The highest BCUT2D eigenvalue weighted by molar-refractivity contribution is 7.16. The first-order valence-electron chi connectivity index (χ1n) is 13.0. The van der Waals surface area contributed by atoms with Gasteiger partial charge in [0, 0.05) is 29.0 Å². The fourth-order valence-electron chi connectivity index (χ4n) is 4.44. The van der Waals surface area contributed by atoms with E-state index in [0.717, 1.165) is 15.1 Å². The number of carbonyl (C=O) groups excluding carboxylic acids is 2. The maximum Gasteiger partial charge on any atom is 0.339 e. The molecule has 0 aliphatic heterocycles. The van der Waals surface area contributed by atoms with Crippen molar-refractivity contribution >= 4 is 46.6 Å². The molecular formula is C30H24ClN5O7S. The maximum absolute atomic E-state index is 13.9. The molecule has 0 atom stereocenters. The summed E-state index contributed by atoms with van der Waals surface area (Å²) in [5, 5.41) is 17.1. The molecule has 0 aliphatic rings. The summed E-state index contributed by atoms with van der Waals surface area (Å²) in [5.41, 5.74) is 0.168. The van der Waals surface area contributed by atoms with E-state index in [1.165, 1.54) is 66.7 Å². The molecule has 0 aliphatic carbocycles. The van der Waals surface area contributed by atoms with Crippen molar-refractivity contribution in [2.24, 2.45) is 0 Å². The van der Waals surface area contributed by atoms with Gasteiger partial charge in [-0.3, -0.25) is 14.6 Å². The van der Waals surface area contributed by atoms with Gasteiger partial charge in [-0.05, 0) is 54.1 Å². The molecule has 0 amide bonds. The molecule has 0 spiro atoms. The predicted octanol–water partition coefficient (Wildman–Crippen LogP) is 4.66. The van der Waals surface area contributed by atoms with Crippen LogP contribution in [0.25, 0.3) is 11.3 Å². The summed E-state index contributed by atoms with van der Waals surface area (Å²) >= 11 is 7.42. The lowest BCUT2D eigenvalue weighted by Gasteiger charge is -2.12. The average molecular weight is 634 g/mol. The highest BCUT2D eigenvalue weighted by atomic mass is 35.5. The van der Waals surface area contributed by atoms with Gasteiger partial charge in [-0.25, -0.2) is 9.59 Å². The summed E-state index contributed by atoms with van der Waals surface area (Å²) in [4.78, 5) is 56.8. The zero-order valence-corrected chi connectivity index (χ0v) is 24.9. The number of thiophene rings is 1. The number of benzene rings is 1. The second-order valence-electron chi connectivity index (χ2n) is 9.32. The van der Waals surface area contributed by atoms with E-state index in [-0.39, 0.29) is 52.6 Å². The van der Waals surface area contributed by atoms with Crippen LogP contribution in [0.1, 0.15) is 41.5 Å². The number of hydrogen-bond donors (Lipinski definition) is 2. The first-order valence-corrected chi connectivity index (χ1v) is 14.1. The lowest BCUT2D eigenvalue weighted by molar-refractivity contribution is 0.0598. The molecule has 5 aromatic rings. The number of carbonyl (C=O) groups is 3. The Hall–Kier alpha value is -5.27. The Kier molecular flexibility index (Phi) is 8.88. The number of anilines is 1. The number of methoxy groups -OCH3 is 2. The van der Waals surface area contributed by atoms with Crippen LogP contribution in [0.5, 0.6) is 5.75 Å². The number of nitrogens with one attached hydrogen (secondary N) is 1. The maximum atomic E-state index is 13.9. The van der Waals surface area contributed by atoms with E-state index < -0.39 is 23.4 Å². The monoisotopic (exact) mass is 633 g/mol. The number of ether oxygens (including phenoxy) is 2. The molecule has 5 rings (SSSR count). The molecule has 4 heterocycles. The number of aromatic carboxylic acids is 1. The van der Waals surface area contributed by atoms with Gasteiger partial charge in [0.2, 0.25) is 0 Å². The van der Waals surface area contributed by atoms with Crippen molar-refractivity contribution in [3.8, 4) is 17.0 Å². The van der Waals surface area contributed by atoms with E-state index in [1.807, 2.05) is 6.07 Å². The van der Waals surface area contributed by atoms with Gasteiger partial charge in [-0.1, -0.05) is 17.7 Å². The average Bonchev–Trinajstić information content (AvgIpc) is 3.63. The van der Waals surface area contributed by atoms with Gasteiger partial charge >= 0.3 is 11.9 Å². The van der Waals surface area contributed by atoms with Crippen LogP contribution in [0.4, 0.5) is 5.82 Å². The minimum atomic E-state index is -1.21. The number of carboxylic acids is 1. The van der Waals surface area contributed by atoms with E-state index in [9.17, 15) is 24.3 Å². The molecule has 44 heavy (non-hydrogen) atoms. The molecular weight excluding hydrogens is 610 g/mol.